The Morgan fingerprint density at radius 1 is 0.841 bits per heavy atom. The van der Waals surface area contributed by atoms with Gasteiger partial charge < -0.3 is 34.6 Å². The Hall–Kier alpha value is -5.29. The molecule has 3 aromatic carbocycles. The number of hydrogen-bond acceptors (Lipinski definition) is 14. The van der Waals surface area contributed by atoms with Gasteiger partial charge in [0, 0.05) is 107 Å². The Bertz CT molecular complexity index is 2760. The van der Waals surface area contributed by atoms with Crippen molar-refractivity contribution >= 4 is 85.7 Å². The minimum Gasteiger partial charge on any atom is -0.494 e. The predicted molar refractivity (Wildman–Crippen MR) is 272 cm³/mol. The normalized spacial score (nSPS) is 19.3. The van der Waals surface area contributed by atoms with Crippen LogP contribution in [0.5, 0.6) is 5.75 Å². The zero-order chi connectivity index (χ0) is 48.4. The van der Waals surface area contributed by atoms with Crippen LogP contribution in [0.4, 0.5) is 43.3 Å². The van der Waals surface area contributed by atoms with Crippen LogP contribution in [0.1, 0.15) is 68.9 Å². The summed E-state index contributed by atoms with van der Waals surface area (Å²) in [4.78, 5) is 51.9. The monoisotopic (exact) mass is 1030 g/mol. The van der Waals surface area contributed by atoms with Gasteiger partial charge in [-0.3, -0.25) is 29.8 Å². The number of imide groups is 1. The molecule has 0 radical (unpaired) electrons. The molecule has 9 rings (SSSR count). The van der Waals surface area contributed by atoms with Crippen LogP contribution in [0.2, 0.25) is 0 Å². The number of nitrogens with zero attached hydrogens (tertiary/aromatic N) is 8. The van der Waals surface area contributed by atoms with E-state index in [0.29, 0.717) is 69.1 Å². The summed E-state index contributed by atoms with van der Waals surface area (Å²) in [6, 6.07) is 10.9. The number of benzene rings is 3. The maximum Gasteiger partial charge on any atom is 0.234 e. The minimum atomic E-state index is -2.78. The van der Waals surface area contributed by atoms with Crippen molar-refractivity contribution in [2.75, 3.05) is 99.8 Å². The number of hydrogen-bond donors (Lipinski definition) is 3. The smallest absolute Gasteiger partial charge is 0.234 e. The lowest BCUT2D eigenvalue weighted by atomic mass is 9.89. The van der Waals surface area contributed by atoms with Crippen LogP contribution in [0.25, 0.3) is 11.0 Å². The van der Waals surface area contributed by atoms with Gasteiger partial charge in [0.05, 0.1) is 45.4 Å². The molecule has 0 aliphatic carbocycles. The molecule has 4 saturated heterocycles. The average Bonchev–Trinajstić information content (AvgIpc) is 3.35. The highest BCUT2D eigenvalue weighted by molar-refractivity contribution is 9.10. The van der Waals surface area contributed by atoms with Crippen molar-refractivity contribution in [3.63, 3.8) is 0 Å². The van der Waals surface area contributed by atoms with Crippen molar-refractivity contribution in [3.05, 3.63) is 82.2 Å². The van der Waals surface area contributed by atoms with E-state index >= 15 is 8.78 Å². The zero-order valence-corrected chi connectivity index (χ0v) is 42.2. The number of nitrogens with one attached hydrogen (secondary N) is 3. The molecule has 1 atom stereocenters. The molecule has 5 aromatic rings. The third-order valence-corrected chi connectivity index (χ3v) is 16.5. The van der Waals surface area contributed by atoms with Crippen LogP contribution in [0.15, 0.2) is 59.5 Å². The first-order valence-electron chi connectivity index (χ1n) is 24.1. The number of methoxy groups -OCH3 is 1. The fourth-order valence-corrected chi connectivity index (χ4v) is 12.3. The van der Waals surface area contributed by atoms with Crippen LogP contribution in [0, 0.1) is 17.6 Å². The maximum atomic E-state index is 15.3. The number of aryl methyl sites for hydroxylation is 1. The van der Waals surface area contributed by atoms with Gasteiger partial charge in [-0.1, -0.05) is 6.92 Å². The Morgan fingerprint density at radius 3 is 2.28 bits per heavy atom. The van der Waals surface area contributed by atoms with Crippen LogP contribution in [-0.4, -0.2) is 127 Å². The van der Waals surface area contributed by atoms with Gasteiger partial charge in [-0.05, 0) is 116 Å². The number of halogens is 3. The minimum absolute atomic E-state index is 0.0153. The van der Waals surface area contributed by atoms with E-state index < -0.39 is 30.6 Å². The van der Waals surface area contributed by atoms with Gasteiger partial charge in [0.25, 0.3) is 0 Å². The maximum absolute atomic E-state index is 15.3. The third kappa shape index (κ3) is 10.9. The summed E-state index contributed by atoms with van der Waals surface area (Å²) in [5.74, 6) is -0.829. The largest absolute Gasteiger partial charge is 0.494 e. The number of carbonyl (C=O) groups excluding carboxylic acids is 2. The number of anilines is 6. The molecule has 4 aliphatic heterocycles. The predicted octanol–water partition coefficient (Wildman–Crippen LogP) is 8.18. The summed E-state index contributed by atoms with van der Waals surface area (Å²) >= 11 is 3.60. The first kappa shape index (κ1) is 48.7. The standard InChI is InChI=1S/C50H61BrF2N11O4P/c1-5-32-26-41(58-50-56-30-36(51)48(60-50)57-40-8-7-39-46(55-16-15-54-39)47(40)69(3,4)67)44(68-2)29-42(32)63-20-13-33(14-21-63)62-24-22-61(23-25-62)17-10-31-11-18-64(19-12-31)43-28-37(52)35(27-38(43)53)34-6-9-45(65)59-49(34)66/h7-8,15-16,26-31,33-34H,5-6,9-14,17-25H2,1-4H3,(H,59,65,66)(H2,56,57,58,60). The second kappa shape index (κ2) is 21.0. The quantitative estimate of drug-likeness (QED) is 0.0722. The number of amides is 2. The first-order valence-corrected chi connectivity index (χ1v) is 27.5. The van der Waals surface area contributed by atoms with Crippen LogP contribution >= 0.6 is 23.1 Å². The van der Waals surface area contributed by atoms with E-state index in [0.717, 1.165) is 96.1 Å². The van der Waals surface area contributed by atoms with E-state index in [1.807, 2.05) is 17.0 Å². The number of aromatic nitrogens is 4. The molecule has 0 saturated carbocycles. The Labute approximate surface area is 410 Å². The molecule has 2 amide bonds. The summed E-state index contributed by atoms with van der Waals surface area (Å²) in [7, 11) is -1.10. The number of rotatable bonds is 14. The van der Waals surface area contributed by atoms with Gasteiger partial charge in [-0.25, -0.2) is 13.8 Å². The molecule has 0 bridgehead atoms. The van der Waals surface area contributed by atoms with Crippen molar-refractivity contribution < 1.29 is 27.7 Å². The Morgan fingerprint density at radius 2 is 1.57 bits per heavy atom. The van der Waals surface area contributed by atoms with E-state index in [1.165, 1.54) is 17.3 Å². The highest BCUT2D eigenvalue weighted by atomic mass is 79.9. The SMILES string of the molecule is CCc1cc(Nc2ncc(Br)c(Nc3ccc4nccnc4c3P(C)(C)=O)n2)c(OC)cc1N1CCC(N2CCN(CCC3CCN(c4cc(F)c(C5CCC(=O)NC5=O)cc4F)CC3)CC2)CC1. The van der Waals surface area contributed by atoms with Gasteiger partial charge >= 0.3 is 0 Å². The van der Waals surface area contributed by atoms with E-state index in [1.54, 1.807) is 39.0 Å². The molecule has 4 aliphatic rings. The lowest BCUT2D eigenvalue weighted by molar-refractivity contribution is -0.134. The zero-order valence-electron chi connectivity index (χ0n) is 39.7. The molecule has 2 aromatic heterocycles. The van der Waals surface area contributed by atoms with Gasteiger partial charge in [-0.15, -0.1) is 0 Å². The molecular weight excluding hydrogens is 967 g/mol. The van der Waals surface area contributed by atoms with Crippen LogP contribution in [0.3, 0.4) is 0 Å². The van der Waals surface area contributed by atoms with Gasteiger partial charge in [-0.2, -0.15) is 4.98 Å². The summed E-state index contributed by atoms with van der Waals surface area (Å²) in [6.45, 7) is 14.1. The van der Waals surface area contributed by atoms with E-state index in [4.69, 9.17) is 9.72 Å². The summed E-state index contributed by atoms with van der Waals surface area (Å²) in [5, 5.41) is 9.64. The summed E-state index contributed by atoms with van der Waals surface area (Å²) in [6.07, 6.45) is 11.2. The van der Waals surface area contributed by atoms with Crippen LogP contribution in [-0.2, 0) is 20.6 Å². The van der Waals surface area contributed by atoms with Crippen LogP contribution < -0.4 is 35.8 Å². The summed E-state index contributed by atoms with van der Waals surface area (Å²) < 4.78 is 50.7. The Balaban J connectivity index is 0.751. The lowest BCUT2D eigenvalue weighted by Crippen LogP contribution is -2.53. The Kier molecular flexibility index (Phi) is 14.8. The van der Waals surface area contributed by atoms with Crippen molar-refractivity contribution in [2.24, 2.45) is 5.92 Å². The molecule has 69 heavy (non-hydrogen) atoms. The van der Waals surface area contributed by atoms with Gasteiger partial charge in [0.1, 0.15) is 35.9 Å². The van der Waals surface area contributed by atoms with Gasteiger partial charge in [0.2, 0.25) is 17.8 Å². The third-order valence-electron chi connectivity index (χ3n) is 14.4. The highest BCUT2D eigenvalue weighted by Crippen LogP contribution is 2.42. The van der Waals surface area contributed by atoms with Crippen molar-refractivity contribution in [2.45, 2.75) is 70.3 Å². The molecule has 19 heteroatoms. The molecule has 6 heterocycles. The molecule has 3 N–H and O–H groups in total. The molecule has 366 valence electrons. The highest BCUT2D eigenvalue weighted by Gasteiger charge is 2.33. The fourth-order valence-electron chi connectivity index (χ4n) is 10.6. The molecule has 1 unspecified atom stereocenters. The number of carbonyl (C=O) groups is 2. The van der Waals surface area contributed by atoms with E-state index in [-0.39, 0.29) is 30.0 Å². The van der Waals surface area contributed by atoms with E-state index in [2.05, 4.69) is 80.6 Å². The number of piperazine rings is 1. The van der Waals surface area contributed by atoms with E-state index in [9.17, 15) is 14.2 Å². The molecule has 4 fully saturated rings. The second-order valence-corrected chi connectivity index (χ2v) is 23.1. The summed E-state index contributed by atoms with van der Waals surface area (Å²) in [5.41, 5.74) is 5.32. The van der Waals surface area contributed by atoms with Crippen molar-refractivity contribution in [3.8, 4) is 5.75 Å². The molecular formula is C50H61BrF2N11O4P. The number of ether oxygens (including phenoxy) is 1. The lowest BCUT2D eigenvalue weighted by Gasteiger charge is -2.44. The fraction of sp³-hybridized carbons (Fsp3) is 0.480. The molecule has 0 spiro atoms. The molecule has 15 nitrogen and oxygen atoms in total. The number of fused-ring (bicyclic) bond motifs is 1. The first-order chi connectivity index (χ1) is 33.3. The van der Waals surface area contributed by atoms with Crippen molar-refractivity contribution in [1.29, 1.82) is 0 Å². The van der Waals surface area contributed by atoms with Gasteiger partial charge in [0.15, 0.2) is 0 Å². The number of piperidine rings is 3. The van der Waals surface area contributed by atoms with Crippen molar-refractivity contribution in [1.82, 2.24) is 35.1 Å². The second-order valence-electron chi connectivity index (χ2n) is 19.1. The average molecular weight is 1030 g/mol. The topological polar surface area (TPSA) is 161 Å².